The molecule has 0 radical (unpaired) electrons. The van der Waals surface area contributed by atoms with Crippen LogP contribution < -0.4 is 27.4 Å². The number of benzene rings is 1. The Morgan fingerprint density at radius 1 is 0.972 bits per heavy atom. The van der Waals surface area contributed by atoms with E-state index in [1.54, 1.807) is 19.1 Å². The first-order chi connectivity index (χ1) is 17.0. The summed E-state index contributed by atoms with van der Waals surface area (Å²) in [5.74, 6) is -3.12. The molecule has 0 saturated heterocycles. The van der Waals surface area contributed by atoms with Crippen LogP contribution in [-0.4, -0.2) is 70.4 Å². The molecule has 0 fully saturated rings. The molecular weight excluding hydrogens is 486 g/mol. The SMILES string of the molecule is CCC(C)C(NC(=O)C(N)CS)C(=O)NC(CCCCN)C(=O)NC(Cc1ccc(O)cc1)C(=O)O. The van der Waals surface area contributed by atoms with Crippen molar-refractivity contribution >= 4 is 36.3 Å². The Morgan fingerprint density at radius 3 is 2.11 bits per heavy atom. The summed E-state index contributed by atoms with van der Waals surface area (Å²) in [5.41, 5.74) is 11.9. The first-order valence-electron chi connectivity index (χ1n) is 12.0. The molecule has 0 bridgehead atoms. The normalized spacial score (nSPS) is 15.1. The number of aromatic hydroxyl groups is 1. The van der Waals surface area contributed by atoms with Crippen molar-refractivity contribution in [3.05, 3.63) is 29.8 Å². The number of rotatable bonds is 16. The molecule has 1 aromatic rings. The van der Waals surface area contributed by atoms with Gasteiger partial charge in [0, 0.05) is 12.2 Å². The highest BCUT2D eigenvalue weighted by Gasteiger charge is 2.32. The first kappa shape index (κ1) is 31.2. The Balaban J connectivity index is 3.03. The van der Waals surface area contributed by atoms with Crippen LogP contribution in [0.5, 0.6) is 5.75 Å². The number of phenols is 1. The Labute approximate surface area is 217 Å². The Kier molecular flexibility index (Phi) is 13.9. The number of thiol groups is 1. The van der Waals surface area contributed by atoms with Gasteiger partial charge in [0.15, 0.2) is 0 Å². The van der Waals surface area contributed by atoms with Gasteiger partial charge in [-0.05, 0) is 49.4 Å². The number of hydrogen-bond donors (Lipinski definition) is 8. The summed E-state index contributed by atoms with van der Waals surface area (Å²) in [6.45, 7) is 4.05. The van der Waals surface area contributed by atoms with Crippen LogP contribution in [0.3, 0.4) is 0 Å². The van der Waals surface area contributed by atoms with E-state index in [4.69, 9.17) is 11.5 Å². The number of aliphatic carboxylic acids is 1. The molecule has 3 amide bonds. The summed E-state index contributed by atoms with van der Waals surface area (Å²) in [6, 6.07) is 1.85. The second-order valence-electron chi connectivity index (χ2n) is 8.78. The van der Waals surface area contributed by atoms with Gasteiger partial charge in [0.1, 0.15) is 23.9 Å². The number of nitrogens with two attached hydrogens (primary N) is 2. The van der Waals surface area contributed by atoms with Gasteiger partial charge < -0.3 is 37.6 Å². The van der Waals surface area contributed by atoms with Gasteiger partial charge in [0.2, 0.25) is 17.7 Å². The zero-order valence-corrected chi connectivity index (χ0v) is 21.7. The molecule has 0 aliphatic rings. The van der Waals surface area contributed by atoms with Gasteiger partial charge in [-0.3, -0.25) is 14.4 Å². The van der Waals surface area contributed by atoms with Gasteiger partial charge >= 0.3 is 5.97 Å². The molecular formula is C24H39N5O6S. The van der Waals surface area contributed by atoms with Crippen molar-refractivity contribution in [1.82, 2.24) is 16.0 Å². The largest absolute Gasteiger partial charge is 0.508 e. The summed E-state index contributed by atoms with van der Waals surface area (Å²) in [5, 5.41) is 26.9. The third kappa shape index (κ3) is 10.4. The molecule has 9 N–H and O–H groups in total. The van der Waals surface area contributed by atoms with Crippen molar-refractivity contribution in [3.8, 4) is 5.75 Å². The van der Waals surface area contributed by atoms with E-state index in [0.717, 1.165) is 0 Å². The van der Waals surface area contributed by atoms with Gasteiger partial charge in [-0.1, -0.05) is 32.4 Å². The number of amides is 3. The van der Waals surface area contributed by atoms with Crippen molar-refractivity contribution in [2.75, 3.05) is 12.3 Å². The molecule has 1 aromatic carbocycles. The van der Waals surface area contributed by atoms with Gasteiger partial charge in [0.25, 0.3) is 0 Å². The number of carboxylic acid groups (broad SMARTS) is 1. The van der Waals surface area contributed by atoms with Crippen molar-refractivity contribution in [3.63, 3.8) is 0 Å². The standard InChI is InChI=1S/C24H39N5O6S/c1-3-14(2)20(29-21(31)17(26)13-36)23(33)27-18(6-4-5-11-25)22(32)28-19(24(34)35)12-15-7-9-16(30)10-8-15/h7-10,14,17-20,30,36H,3-6,11-13,25-26H2,1-2H3,(H,27,33)(H,28,32)(H,29,31)(H,34,35). The fourth-order valence-corrected chi connectivity index (χ4v) is 3.57. The lowest BCUT2D eigenvalue weighted by atomic mass is 9.97. The smallest absolute Gasteiger partial charge is 0.326 e. The van der Waals surface area contributed by atoms with Crippen LogP contribution in [0.25, 0.3) is 0 Å². The Bertz CT molecular complexity index is 869. The predicted octanol–water partition coefficient (Wildman–Crippen LogP) is -0.0941. The molecule has 0 heterocycles. The molecule has 36 heavy (non-hydrogen) atoms. The van der Waals surface area contributed by atoms with Crippen molar-refractivity contribution in [2.45, 2.75) is 70.1 Å². The minimum absolute atomic E-state index is 0.0159. The second-order valence-corrected chi connectivity index (χ2v) is 9.14. The number of nitrogens with one attached hydrogen (secondary N) is 3. The van der Waals surface area contributed by atoms with E-state index in [9.17, 15) is 29.4 Å². The Morgan fingerprint density at radius 2 is 1.58 bits per heavy atom. The van der Waals surface area contributed by atoms with E-state index in [2.05, 4.69) is 28.6 Å². The van der Waals surface area contributed by atoms with E-state index in [1.807, 2.05) is 6.92 Å². The molecule has 0 saturated carbocycles. The van der Waals surface area contributed by atoms with Crippen LogP contribution in [0.1, 0.15) is 45.1 Å². The first-order valence-corrected chi connectivity index (χ1v) is 12.7. The van der Waals surface area contributed by atoms with Crippen LogP contribution >= 0.6 is 12.6 Å². The molecule has 0 aromatic heterocycles. The second kappa shape index (κ2) is 16.0. The number of phenolic OH excluding ortho intramolecular Hbond substituents is 1. The van der Waals surface area contributed by atoms with E-state index >= 15 is 0 Å². The molecule has 11 nitrogen and oxygen atoms in total. The van der Waals surface area contributed by atoms with Crippen LogP contribution in [0.15, 0.2) is 24.3 Å². The molecule has 12 heteroatoms. The monoisotopic (exact) mass is 525 g/mol. The molecule has 0 aliphatic carbocycles. The molecule has 0 spiro atoms. The van der Waals surface area contributed by atoms with Crippen LogP contribution in [-0.2, 0) is 25.6 Å². The Hall–Kier alpha value is -2.83. The summed E-state index contributed by atoms with van der Waals surface area (Å²) in [7, 11) is 0. The number of unbranched alkanes of at least 4 members (excludes halogenated alkanes) is 1. The lowest BCUT2D eigenvalue weighted by Gasteiger charge is -2.28. The average Bonchev–Trinajstić information content (AvgIpc) is 2.86. The molecule has 0 aliphatic heterocycles. The molecule has 5 atom stereocenters. The lowest BCUT2D eigenvalue weighted by Crippen LogP contribution is -2.59. The van der Waals surface area contributed by atoms with Gasteiger partial charge in [-0.25, -0.2) is 4.79 Å². The number of carbonyl (C=O) groups excluding carboxylic acids is 3. The van der Waals surface area contributed by atoms with Gasteiger partial charge in [-0.2, -0.15) is 12.6 Å². The maximum absolute atomic E-state index is 13.1. The number of carboxylic acids is 1. The minimum atomic E-state index is -1.26. The minimum Gasteiger partial charge on any atom is -0.508 e. The van der Waals surface area contributed by atoms with E-state index in [0.29, 0.717) is 31.4 Å². The quantitative estimate of drug-likeness (QED) is 0.108. The fourth-order valence-electron chi connectivity index (χ4n) is 3.41. The maximum Gasteiger partial charge on any atom is 0.326 e. The maximum atomic E-state index is 13.1. The highest BCUT2D eigenvalue weighted by atomic mass is 32.1. The third-order valence-corrected chi connectivity index (χ3v) is 6.29. The van der Waals surface area contributed by atoms with E-state index < -0.39 is 47.9 Å². The fraction of sp³-hybridized carbons (Fsp3) is 0.583. The molecule has 5 unspecified atom stereocenters. The summed E-state index contributed by atoms with van der Waals surface area (Å²) >= 11 is 4.01. The average molecular weight is 526 g/mol. The number of carbonyl (C=O) groups is 4. The van der Waals surface area contributed by atoms with Crippen LogP contribution in [0.2, 0.25) is 0 Å². The van der Waals surface area contributed by atoms with Crippen molar-refractivity contribution in [2.24, 2.45) is 17.4 Å². The van der Waals surface area contributed by atoms with Crippen LogP contribution in [0.4, 0.5) is 0 Å². The topological polar surface area (TPSA) is 197 Å². The summed E-state index contributed by atoms with van der Waals surface area (Å²) in [6.07, 6.45) is 1.93. The lowest BCUT2D eigenvalue weighted by molar-refractivity contribution is -0.142. The number of hydrogen-bond acceptors (Lipinski definition) is 8. The van der Waals surface area contributed by atoms with Crippen molar-refractivity contribution in [1.29, 1.82) is 0 Å². The predicted molar refractivity (Wildman–Crippen MR) is 139 cm³/mol. The summed E-state index contributed by atoms with van der Waals surface area (Å²) in [4.78, 5) is 50.4. The van der Waals surface area contributed by atoms with Crippen molar-refractivity contribution < 1.29 is 29.4 Å². The van der Waals surface area contributed by atoms with Gasteiger partial charge in [0.05, 0.1) is 6.04 Å². The zero-order valence-electron chi connectivity index (χ0n) is 20.8. The summed E-state index contributed by atoms with van der Waals surface area (Å²) < 4.78 is 0. The van der Waals surface area contributed by atoms with E-state index in [1.165, 1.54) is 12.1 Å². The van der Waals surface area contributed by atoms with E-state index in [-0.39, 0.29) is 30.3 Å². The highest BCUT2D eigenvalue weighted by molar-refractivity contribution is 7.80. The van der Waals surface area contributed by atoms with Crippen LogP contribution in [0, 0.1) is 5.92 Å². The molecule has 1 rings (SSSR count). The zero-order chi connectivity index (χ0) is 27.3. The molecule has 202 valence electrons. The van der Waals surface area contributed by atoms with Gasteiger partial charge in [-0.15, -0.1) is 0 Å². The third-order valence-electron chi connectivity index (χ3n) is 5.90. The highest BCUT2D eigenvalue weighted by Crippen LogP contribution is 2.13.